The first kappa shape index (κ1) is 15.1. The highest BCUT2D eigenvalue weighted by Crippen LogP contribution is 2.38. The molecular formula is C13H24F3N3. The van der Waals surface area contributed by atoms with Gasteiger partial charge in [-0.1, -0.05) is 6.92 Å². The van der Waals surface area contributed by atoms with Gasteiger partial charge in [-0.2, -0.15) is 13.2 Å². The first-order chi connectivity index (χ1) is 8.85. The minimum atomic E-state index is -4.09. The predicted octanol–water partition coefficient (Wildman–Crippen LogP) is 1.68. The highest BCUT2D eigenvalue weighted by Gasteiger charge is 2.43. The second-order valence-corrected chi connectivity index (χ2v) is 6.15. The number of piperazine rings is 1. The van der Waals surface area contributed by atoms with Crippen molar-refractivity contribution in [2.75, 3.05) is 39.3 Å². The van der Waals surface area contributed by atoms with E-state index in [2.05, 4.69) is 11.8 Å². The molecule has 2 fully saturated rings. The van der Waals surface area contributed by atoms with E-state index < -0.39 is 12.7 Å². The van der Waals surface area contributed by atoms with Crippen molar-refractivity contribution in [3.05, 3.63) is 0 Å². The zero-order valence-corrected chi connectivity index (χ0v) is 11.5. The highest BCUT2D eigenvalue weighted by atomic mass is 19.4. The fourth-order valence-electron chi connectivity index (χ4n) is 3.60. The third-order valence-electron chi connectivity index (χ3n) is 4.66. The molecule has 1 saturated carbocycles. The first-order valence-electron chi connectivity index (χ1n) is 7.09. The van der Waals surface area contributed by atoms with Gasteiger partial charge in [-0.05, 0) is 25.2 Å². The summed E-state index contributed by atoms with van der Waals surface area (Å²) in [6.45, 7) is 4.48. The molecule has 0 radical (unpaired) electrons. The summed E-state index contributed by atoms with van der Waals surface area (Å²) >= 11 is 0. The van der Waals surface area contributed by atoms with Crippen LogP contribution >= 0.6 is 0 Å². The molecule has 0 aromatic heterocycles. The van der Waals surface area contributed by atoms with Gasteiger partial charge in [0.05, 0.1) is 6.54 Å². The lowest BCUT2D eigenvalue weighted by atomic mass is 9.93. The third kappa shape index (κ3) is 3.61. The van der Waals surface area contributed by atoms with Crippen molar-refractivity contribution >= 4 is 0 Å². The van der Waals surface area contributed by atoms with Crippen LogP contribution < -0.4 is 5.73 Å². The van der Waals surface area contributed by atoms with Gasteiger partial charge in [-0.25, -0.2) is 0 Å². The van der Waals surface area contributed by atoms with E-state index >= 15 is 0 Å². The number of rotatable bonds is 3. The van der Waals surface area contributed by atoms with Crippen LogP contribution in [0.5, 0.6) is 0 Å². The van der Waals surface area contributed by atoms with Crippen LogP contribution in [0, 0.1) is 5.92 Å². The van der Waals surface area contributed by atoms with Gasteiger partial charge in [-0.15, -0.1) is 0 Å². The van der Waals surface area contributed by atoms with E-state index in [0.717, 1.165) is 12.8 Å². The van der Waals surface area contributed by atoms with Crippen molar-refractivity contribution in [1.82, 2.24) is 9.80 Å². The van der Waals surface area contributed by atoms with Crippen molar-refractivity contribution in [2.45, 2.75) is 37.9 Å². The van der Waals surface area contributed by atoms with Crippen LogP contribution in [0.25, 0.3) is 0 Å². The Morgan fingerprint density at radius 1 is 1.21 bits per heavy atom. The molecule has 1 aliphatic carbocycles. The number of nitrogens with two attached hydrogens (primary N) is 1. The molecular weight excluding hydrogens is 255 g/mol. The third-order valence-corrected chi connectivity index (χ3v) is 4.66. The molecule has 2 unspecified atom stereocenters. The Morgan fingerprint density at radius 3 is 2.26 bits per heavy atom. The van der Waals surface area contributed by atoms with E-state index in [0.29, 0.717) is 38.6 Å². The van der Waals surface area contributed by atoms with Gasteiger partial charge >= 0.3 is 6.18 Å². The highest BCUT2D eigenvalue weighted by molar-refractivity contribution is 4.99. The average Bonchev–Trinajstić information content (AvgIpc) is 2.71. The van der Waals surface area contributed by atoms with E-state index in [1.54, 1.807) is 0 Å². The summed E-state index contributed by atoms with van der Waals surface area (Å²) in [5.41, 5.74) is 6.01. The smallest absolute Gasteiger partial charge is 0.329 e. The number of hydrogen-bond acceptors (Lipinski definition) is 3. The molecule has 0 aromatic rings. The Hall–Kier alpha value is -0.330. The summed E-state index contributed by atoms with van der Waals surface area (Å²) < 4.78 is 37.1. The summed E-state index contributed by atoms with van der Waals surface area (Å²) in [5.74, 6) is 0.678. The van der Waals surface area contributed by atoms with Crippen LogP contribution in [0.4, 0.5) is 13.2 Å². The molecule has 1 heterocycles. The maximum atomic E-state index is 12.4. The van der Waals surface area contributed by atoms with E-state index in [4.69, 9.17) is 5.73 Å². The normalized spacial score (nSPS) is 34.9. The summed E-state index contributed by atoms with van der Waals surface area (Å²) in [4.78, 5) is 3.84. The molecule has 1 aliphatic heterocycles. The SMILES string of the molecule is CC1CCC(CN)(N2CCN(CC(F)(F)F)CC2)C1. The second kappa shape index (κ2) is 5.58. The topological polar surface area (TPSA) is 32.5 Å². The molecule has 6 heteroatoms. The predicted molar refractivity (Wildman–Crippen MR) is 68.9 cm³/mol. The maximum absolute atomic E-state index is 12.4. The number of alkyl halides is 3. The van der Waals surface area contributed by atoms with Crippen molar-refractivity contribution in [1.29, 1.82) is 0 Å². The molecule has 0 spiro atoms. The molecule has 112 valence electrons. The van der Waals surface area contributed by atoms with E-state index in [9.17, 15) is 13.2 Å². The van der Waals surface area contributed by atoms with Gasteiger partial charge in [0.2, 0.25) is 0 Å². The second-order valence-electron chi connectivity index (χ2n) is 6.15. The van der Waals surface area contributed by atoms with Gasteiger partial charge in [0.25, 0.3) is 0 Å². The number of nitrogens with zero attached hydrogens (tertiary/aromatic N) is 2. The Labute approximate surface area is 112 Å². The molecule has 2 atom stereocenters. The molecule has 3 nitrogen and oxygen atoms in total. The fourth-order valence-corrected chi connectivity index (χ4v) is 3.60. The first-order valence-corrected chi connectivity index (χ1v) is 7.09. The summed E-state index contributed by atoms with van der Waals surface area (Å²) in [6.07, 6.45) is -0.734. The Balaban J connectivity index is 1.89. The number of halogens is 3. The standard InChI is InChI=1S/C13H24F3N3/c1-11-2-3-12(8-11,9-17)19-6-4-18(5-7-19)10-13(14,15)16/h11H,2-10,17H2,1H3. The fraction of sp³-hybridized carbons (Fsp3) is 1.00. The molecule has 0 amide bonds. The molecule has 19 heavy (non-hydrogen) atoms. The zero-order valence-electron chi connectivity index (χ0n) is 11.5. The molecule has 0 bridgehead atoms. The lowest BCUT2D eigenvalue weighted by Crippen LogP contribution is -2.59. The minimum absolute atomic E-state index is 0.0454. The van der Waals surface area contributed by atoms with Gasteiger partial charge < -0.3 is 5.73 Å². The van der Waals surface area contributed by atoms with Crippen LogP contribution in [0.2, 0.25) is 0 Å². The molecule has 2 aliphatic rings. The van der Waals surface area contributed by atoms with E-state index in [1.807, 2.05) is 0 Å². The molecule has 1 saturated heterocycles. The molecule has 0 aromatic carbocycles. The summed E-state index contributed by atoms with van der Waals surface area (Å²) in [6, 6.07) is 0. The van der Waals surface area contributed by atoms with Crippen LogP contribution in [0.15, 0.2) is 0 Å². The summed E-state index contributed by atoms with van der Waals surface area (Å²) in [5, 5.41) is 0. The average molecular weight is 279 g/mol. The lowest BCUT2D eigenvalue weighted by Gasteiger charge is -2.45. The largest absolute Gasteiger partial charge is 0.401 e. The lowest BCUT2D eigenvalue weighted by molar-refractivity contribution is -0.151. The monoisotopic (exact) mass is 279 g/mol. The van der Waals surface area contributed by atoms with Crippen LogP contribution in [0.1, 0.15) is 26.2 Å². The quantitative estimate of drug-likeness (QED) is 0.853. The number of hydrogen-bond donors (Lipinski definition) is 1. The van der Waals surface area contributed by atoms with Crippen molar-refractivity contribution < 1.29 is 13.2 Å². The molecule has 2 N–H and O–H groups in total. The van der Waals surface area contributed by atoms with Gasteiger partial charge in [0.1, 0.15) is 0 Å². The van der Waals surface area contributed by atoms with Crippen molar-refractivity contribution in [2.24, 2.45) is 11.7 Å². The van der Waals surface area contributed by atoms with Crippen LogP contribution in [-0.2, 0) is 0 Å². The Kier molecular flexibility index (Phi) is 4.42. The van der Waals surface area contributed by atoms with Gasteiger partial charge in [0, 0.05) is 38.3 Å². The summed E-state index contributed by atoms with van der Waals surface area (Å²) in [7, 11) is 0. The van der Waals surface area contributed by atoms with Crippen molar-refractivity contribution in [3.8, 4) is 0 Å². The van der Waals surface area contributed by atoms with Gasteiger partial charge in [0.15, 0.2) is 0 Å². The molecule has 2 rings (SSSR count). The van der Waals surface area contributed by atoms with E-state index in [1.165, 1.54) is 11.3 Å². The van der Waals surface area contributed by atoms with Crippen LogP contribution in [-0.4, -0.2) is 60.8 Å². The van der Waals surface area contributed by atoms with Crippen molar-refractivity contribution in [3.63, 3.8) is 0 Å². The Morgan fingerprint density at radius 2 is 1.84 bits per heavy atom. The minimum Gasteiger partial charge on any atom is -0.329 e. The van der Waals surface area contributed by atoms with E-state index in [-0.39, 0.29) is 5.54 Å². The Bertz CT molecular complexity index is 300. The van der Waals surface area contributed by atoms with Gasteiger partial charge in [-0.3, -0.25) is 9.80 Å². The maximum Gasteiger partial charge on any atom is 0.401 e. The zero-order chi connectivity index (χ0) is 14.1. The van der Waals surface area contributed by atoms with Crippen LogP contribution in [0.3, 0.4) is 0 Å².